The van der Waals surface area contributed by atoms with E-state index in [1.807, 2.05) is 0 Å². The molecule has 3 amide bonds. The third kappa shape index (κ3) is 5.36. The Hall–Kier alpha value is -3.89. The van der Waals surface area contributed by atoms with Crippen LogP contribution in [0.2, 0.25) is 10.0 Å². The molecule has 1 aliphatic rings. The lowest BCUT2D eigenvalue weighted by atomic mass is 9.92. The average Bonchev–Trinajstić information content (AvgIpc) is 2.73. The molecule has 0 spiro atoms. The van der Waals surface area contributed by atoms with Crippen LogP contribution in [0.3, 0.4) is 0 Å². The molecule has 0 saturated carbocycles. The van der Waals surface area contributed by atoms with Crippen LogP contribution in [0.15, 0.2) is 47.3 Å². The minimum atomic E-state index is -1.05. The van der Waals surface area contributed by atoms with Gasteiger partial charge in [0.15, 0.2) is 0 Å². The zero-order valence-corrected chi connectivity index (χ0v) is 19.2. The predicted octanol–water partition coefficient (Wildman–Crippen LogP) is 3.84. The zero-order valence-electron chi connectivity index (χ0n) is 17.7. The van der Waals surface area contributed by atoms with Crippen LogP contribution in [-0.2, 0) is 14.4 Å². The topological polar surface area (TPSA) is 145 Å². The molecule has 0 unspecified atom stereocenters. The summed E-state index contributed by atoms with van der Waals surface area (Å²) in [6.45, 7) is 1.39. The third-order valence-corrected chi connectivity index (χ3v) is 5.30. The summed E-state index contributed by atoms with van der Waals surface area (Å²) in [5.74, 6) is -2.25. The van der Waals surface area contributed by atoms with Gasteiger partial charge in [-0.15, -0.1) is 0 Å². The number of halogens is 2. The van der Waals surface area contributed by atoms with Crippen molar-refractivity contribution in [1.29, 1.82) is 0 Å². The number of carbonyl (C=O) groups excluding carboxylic acids is 3. The largest absolute Gasteiger partial charge is 0.326 e. The van der Waals surface area contributed by atoms with Crippen LogP contribution in [0.25, 0.3) is 0 Å². The van der Waals surface area contributed by atoms with Crippen molar-refractivity contribution in [3.05, 3.63) is 68.4 Å². The molecule has 1 atom stereocenters. The Morgan fingerprint density at radius 1 is 0.971 bits per heavy atom. The van der Waals surface area contributed by atoms with Gasteiger partial charge in [0, 0.05) is 40.5 Å². The van der Waals surface area contributed by atoms with E-state index in [1.54, 1.807) is 42.5 Å². The Morgan fingerprint density at radius 3 is 2.21 bits per heavy atom. The normalized spacial score (nSPS) is 14.6. The molecule has 4 rings (SSSR count). The number of benzene rings is 2. The summed E-state index contributed by atoms with van der Waals surface area (Å²) < 4.78 is 0. The van der Waals surface area contributed by atoms with Gasteiger partial charge < -0.3 is 21.3 Å². The second kappa shape index (κ2) is 9.54. The Bertz CT molecular complexity index is 1340. The van der Waals surface area contributed by atoms with Gasteiger partial charge >= 0.3 is 0 Å². The molecule has 0 aliphatic carbocycles. The molecule has 34 heavy (non-hydrogen) atoms. The van der Waals surface area contributed by atoms with E-state index in [4.69, 9.17) is 23.2 Å². The van der Waals surface area contributed by atoms with Crippen LogP contribution < -0.4 is 26.8 Å². The van der Waals surface area contributed by atoms with E-state index < -0.39 is 23.3 Å². The van der Waals surface area contributed by atoms with Crippen molar-refractivity contribution in [3.8, 4) is 0 Å². The maximum absolute atomic E-state index is 13.0. The molecule has 10 nitrogen and oxygen atoms in total. The van der Waals surface area contributed by atoms with Crippen molar-refractivity contribution in [2.45, 2.75) is 19.3 Å². The van der Waals surface area contributed by atoms with E-state index in [9.17, 15) is 19.2 Å². The first-order valence-electron chi connectivity index (χ1n) is 10.0. The third-order valence-electron chi connectivity index (χ3n) is 4.87. The number of anilines is 5. The van der Waals surface area contributed by atoms with Crippen molar-refractivity contribution >= 4 is 69.8 Å². The fraction of sp³-hybridized carbons (Fsp3) is 0.136. The number of nitrogens with one attached hydrogen (secondary N) is 5. The number of aromatic amines is 1. The molecule has 0 saturated heterocycles. The van der Waals surface area contributed by atoms with E-state index in [0.29, 0.717) is 27.1 Å². The van der Waals surface area contributed by atoms with Crippen molar-refractivity contribution in [3.63, 3.8) is 0 Å². The van der Waals surface area contributed by atoms with E-state index in [1.165, 1.54) is 6.92 Å². The summed E-state index contributed by atoms with van der Waals surface area (Å²) in [7, 11) is 0. The van der Waals surface area contributed by atoms with Gasteiger partial charge in [0.1, 0.15) is 5.82 Å². The molecule has 2 heterocycles. The van der Waals surface area contributed by atoms with Gasteiger partial charge in [-0.2, -0.15) is 4.98 Å². The van der Waals surface area contributed by atoms with Gasteiger partial charge in [-0.1, -0.05) is 23.2 Å². The fourth-order valence-corrected chi connectivity index (χ4v) is 4.01. The number of hydrogen-bond acceptors (Lipinski definition) is 6. The predicted molar refractivity (Wildman–Crippen MR) is 130 cm³/mol. The minimum absolute atomic E-state index is 0.0169. The fourth-order valence-electron chi connectivity index (χ4n) is 3.49. The molecule has 12 heteroatoms. The lowest BCUT2D eigenvalue weighted by Gasteiger charge is -2.23. The monoisotopic (exact) mass is 500 g/mol. The van der Waals surface area contributed by atoms with Crippen molar-refractivity contribution in [2.75, 3.05) is 21.3 Å². The lowest BCUT2D eigenvalue weighted by molar-refractivity contribution is -0.123. The summed E-state index contributed by atoms with van der Waals surface area (Å²) in [4.78, 5) is 56.1. The van der Waals surface area contributed by atoms with Crippen LogP contribution in [0.4, 0.5) is 28.8 Å². The van der Waals surface area contributed by atoms with Crippen LogP contribution in [0, 0.1) is 0 Å². The quantitative estimate of drug-likeness (QED) is 0.359. The second-order valence-electron chi connectivity index (χ2n) is 7.51. The maximum Gasteiger partial charge on any atom is 0.258 e. The molecule has 174 valence electrons. The second-order valence-corrected chi connectivity index (χ2v) is 8.39. The SMILES string of the molecule is CC(=O)Nc1ccc(NC(=O)[C@@H]2CC(=O)Nc3nc(Nc4cc(Cl)cc(Cl)c4)[nH]c(=O)c32)cc1. The van der Waals surface area contributed by atoms with Gasteiger partial charge in [0.2, 0.25) is 23.7 Å². The first-order chi connectivity index (χ1) is 16.2. The Balaban J connectivity index is 1.58. The summed E-state index contributed by atoms with van der Waals surface area (Å²) in [5, 5.41) is 11.5. The molecule has 0 radical (unpaired) electrons. The highest BCUT2D eigenvalue weighted by Gasteiger charge is 2.34. The summed E-state index contributed by atoms with van der Waals surface area (Å²) >= 11 is 12.0. The van der Waals surface area contributed by atoms with E-state index in [0.717, 1.165) is 0 Å². The van der Waals surface area contributed by atoms with Crippen LogP contribution in [0.1, 0.15) is 24.8 Å². The standard InChI is InChI=1S/C22H18Cl2N6O4/c1-10(31)25-13-2-4-14(5-3-13)26-20(33)16-9-17(32)28-19-18(16)21(34)30-22(29-19)27-15-7-11(23)6-12(24)8-15/h2-8,16H,9H2,1H3,(H,25,31)(H,26,33)(H3,27,28,29,30,32,34)/t16-/m1/s1. The Kier molecular flexibility index (Phi) is 6.53. The highest BCUT2D eigenvalue weighted by Crippen LogP contribution is 2.31. The zero-order chi connectivity index (χ0) is 24.4. The van der Waals surface area contributed by atoms with E-state index >= 15 is 0 Å². The molecule has 0 fully saturated rings. The van der Waals surface area contributed by atoms with Gasteiger partial charge in [0.25, 0.3) is 5.56 Å². The molecule has 1 aromatic heterocycles. The number of hydrogen-bond donors (Lipinski definition) is 5. The molecular formula is C22H18Cl2N6O4. The number of carbonyl (C=O) groups is 3. The first-order valence-corrected chi connectivity index (χ1v) is 10.8. The average molecular weight is 501 g/mol. The van der Waals surface area contributed by atoms with Crippen LogP contribution >= 0.6 is 23.2 Å². The van der Waals surface area contributed by atoms with E-state index in [2.05, 4.69) is 31.2 Å². The summed E-state index contributed by atoms with van der Waals surface area (Å²) in [5.41, 5.74) is 0.935. The van der Waals surface area contributed by atoms with E-state index in [-0.39, 0.29) is 29.7 Å². The van der Waals surface area contributed by atoms with Crippen molar-refractivity contribution in [1.82, 2.24) is 9.97 Å². The first kappa shape index (κ1) is 23.3. The number of fused-ring (bicyclic) bond motifs is 1. The highest BCUT2D eigenvalue weighted by molar-refractivity contribution is 6.35. The Morgan fingerprint density at radius 2 is 1.59 bits per heavy atom. The smallest absolute Gasteiger partial charge is 0.258 e. The van der Waals surface area contributed by atoms with Gasteiger partial charge in [-0.25, -0.2) is 0 Å². The van der Waals surface area contributed by atoms with Gasteiger partial charge in [-0.05, 0) is 42.5 Å². The van der Waals surface area contributed by atoms with Gasteiger partial charge in [0.05, 0.1) is 11.5 Å². The minimum Gasteiger partial charge on any atom is -0.326 e. The maximum atomic E-state index is 13.0. The summed E-state index contributed by atoms with van der Waals surface area (Å²) in [6.07, 6.45) is -0.218. The van der Waals surface area contributed by atoms with Gasteiger partial charge in [-0.3, -0.25) is 24.2 Å². The molecule has 1 aliphatic heterocycles. The Labute approximate surface area is 203 Å². The molecule has 2 aromatic carbocycles. The van der Waals surface area contributed by atoms with Crippen LogP contribution in [-0.4, -0.2) is 27.7 Å². The molecule has 3 aromatic rings. The summed E-state index contributed by atoms with van der Waals surface area (Å²) in [6, 6.07) is 11.1. The van der Waals surface area contributed by atoms with Crippen molar-refractivity contribution < 1.29 is 14.4 Å². The molecule has 0 bridgehead atoms. The molecule has 5 N–H and O–H groups in total. The number of nitrogens with zero attached hydrogens (tertiary/aromatic N) is 1. The number of H-pyrrole nitrogens is 1. The van der Waals surface area contributed by atoms with Crippen LogP contribution in [0.5, 0.6) is 0 Å². The highest BCUT2D eigenvalue weighted by atomic mass is 35.5. The number of aromatic nitrogens is 2. The number of rotatable bonds is 5. The van der Waals surface area contributed by atoms with Crippen molar-refractivity contribution in [2.24, 2.45) is 0 Å². The lowest BCUT2D eigenvalue weighted by Crippen LogP contribution is -2.36. The molecular weight excluding hydrogens is 483 g/mol. The number of amides is 3.